The number of aliphatic hydroxyl groups is 1. The van der Waals surface area contributed by atoms with Gasteiger partial charge in [-0.15, -0.1) is 11.3 Å². The van der Waals surface area contributed by atoms with E-state index in [4.69, 9.17) is 0 Å². The van der Waals surface area contributed by atoms with Gasteiger partial charge in [0.25, 0.3) is 0 Å². The number of amides is 2. The van der Waals surface area contributed by atoms with Crippen LogP contribution in [0.1, 0.15) is 34.8 Å². The molecule has 0 spiro atoms. The molecule has 1 aromatic carbocycles. The van der Waals surface area contributed by atoms with Crippen LogP contribution in [0.2, 0.25) is 0 Å². The molecule has 0 aliphatic rings. The van der Waals surface area contributed by atoms with Crippen molar-refractivity contribution >= 4 is 17.4 Å². The first kappa shape index (κ1) is 17.4. The van der Waals surface area contributed by atoms with Crippen LogP contribution in [-0.4, -0.2) is 34.2 Å². The van der Waals surface area contributed by atoms with E-state index in [1.807, 2.05) is 50.4 Å². The number of carbonyl (C=O) groups is 1. The van der Waals surface area contributed by atoms with Gasteiger partial charge in [0, 0.05) is 24.2 Å². The normalized spacial score (nSPS) is 12.0. The van der Waals surface area contributed by atoms with Gasteiger partial charge in [-0.05, 0) is 26.3 Å². The maximum atomic E-state index is 12.5. The summed E-state index contributed by atoms with van der Waals surface area (Å²) in [5, 5.41) is 15.0. The van der Waals surface area contributed by atoms with Gasteiger partial charge >= 0.3 is 6.03 Å². The van der Waals surface area contributed by atoms with Crippen molar-refractivity contribution in [2.75, 3.05) is 13.2 Å². The Morgan fingerprint density at radius 3 is 2.61 bits per heavy atom. The van der Waals surface area contributed by atoms with Crippen molar-refractivity contribution in [3.05, 3.63) is 51.5 Å². The van der Waals surface area contributed by atoms with Gasteiger partial charge in [0.15, 0.2) is 0 Å². The minimum absolute atomic E-state index is 0.0655. The second-order valence-electron chi connectivity index (χ2n) is 5.63. The van der Waals surface area contributed by atoms with Gasteiger partial charge < -0.3 is 15.3 Å². The molecule has 0 aliphatic carbocycles. The Morgan fingerprint density at radius 1 is 1.35 bits per heavy atom. The minimum atomic E-state index is -0.194. The summed E-state index contributed by atoms with van der Waals surface area (Å²) < 4.78 is 0. The molecule has 23 heavy (non-hydrogen) atoms. The van der Waals surface area contributed by atoms with Gasteiger partial charge in [-0.1, -0.05) is 29.8 Å². The lowest BCUT2D eigenvalue weighted by Crippen LogP contribution is -2.42. The van der Waals surface area contributed by atoms with Crippen LogP contribution in [0.5, 0.6) is 0 Å². The first-order valence-electron chi connectivity index (χ1n) is 7.63. The summed E-state index contributed by atoms with van der Waals surface area (Å²) in [6.07, 6.45) is 0. The van der Waals surface area contributed by atoms with Crippen LogP contribution in [-0.2, 0) is 6.54 Å². The molecule has 2 rings (SSSR count). The summed E-state index contributed by atoms with van der Waals surface area (Å²) in [6.45, 7) is 6.58. The van der Waals surface area contributed by atoms with Crippen LogP contribution < -0.4 is 5.32 Å². The highest BCUT2D eigenvalue weighted by Crippen LogP contribution is 2.18. The number of aryl methyl sites for hydroxylation is 2. The molecule has 1 aromatic heterocycles. The second-order valence-corrected chi connectivity index (χ2v) is 6.52. The number of hydrogen-bond donors (Lipinski definition) is 2. The summed E-state index contributed by atoms with van der Waals surface area (Å²) in [5.41, 5.74) is 3.18. The van der Waals surface area contributed by atoms with E-state index in [-0.39, 0.29) is 18.7 Å². The third kappa shape index (κ3) is 5.04. The molecule has 0 radical (unpaired) electrons. The molecule has 6 heteroatoms. The zero-order valence-corrected chi connectivity index (χ0v) is 14.6. The highest BCUT2D eigenvalue weighted by atomic mass is 32.1. The van der Waals surface area contributed by atoms with Crippen molar-refractivity contribution in [1.29, 1.82) is 0 Å². The van der Waals surface area contributed by atoms with Crippen LogP contribution in [0.4, 0.5) is 4.79 Å². The van der Waals surface area contributed by atoms with Crippen molar-refractivity contribution in [3.63, 3.8) is 0 Å². The molecular weight excluding hydrogens is 310 g/mol. The highest BCUT2D eigenvalue weighted by Gasteiger charge is 2.18. The smallest absolute Gasteiger partial charge is 0.318 e. The number of benzene rings is 1. The van der Waals surface area contributed by atoms with Gasteiger partial charge in [-0.3, -0.25) is 0 Å². The number of thiazole rings is 1. The van der Waals surface area contributed by atoms with Gasteiger partial charge in [0.05, 0.1) is 12.6 Å². The fraction of sp³-hybridized carbons (Fsp3) is 0.412. The van der Waals surface area contributed by atoms with E-state index < -0.39 is 0 Å². The van der Waals surface area contributed by atoms with Crippen molar-refractivity contribution in [2.24, 2.45) is 0 Å². The third-order valence-electron chi connectivity index (χ3n) is 3.50. The van der Waals surface area contributed by atoms with E-state index in [1.54, 1.807) is 4.90 Å². The monoisotopic (exact) mass is 333 g/mol. The maximum Gasteiger partial charge on any atom is 0.318 e. The van der Waals surface area contributed by atoms with Crippen LogP contribution in [0.15, 0.2) is 29.6 Å². The molecular formula is C17H23N3O2S. The van der Waals surface area contributed by atoms with E-state index in [0.717, 1.165) is 16.3 Å². The average Bonchev–Trinajstić information content (AvgIpc) is 2.95. The molecule has 1 atom stereocenters. The first-order valence-corrected chi connectivity index (χ1v) is 8.51. The molecule has 0 aliphatic heterocycles. The van der Waals surface area contributed by atoms with Gasteiger partial charge in [0.1, 0.15) is 5.01 Å². The molecule has 0 fully saturated rings. The van der Waals surface area contributed by atoms with Gasteiger partial charge in [0.2, 0.25) is 0 Å². The zero-order valence-electron chi connectivity index (χ0n) is 13.7. The fourth-order valence-corrected chi connectivity index (χ4v) is 3.00. The Kier molecular flexibility index (Phi) is 6.12. The van der Waals surface area contributed by atoms with Crippen molar-refractivity contribution < 1.29 is 9.90 Å². The maximum absolute atomic E-state index is 12.5. The van der Waals surface area contributed by atoms with Crippen LogP contribution >= 0.6 is 11.3 Å². The fourth-order valence-electron chi connectivity index (χ4n) is 2.20. The summed E-state index contributed by atoms with van der Waals surface area (Å²) >= 11 is 1.54. The first-order chi connectivity index (χ1) is 11.0. The Morgan fingerprint density at radius 2 is 2.04 bits per heavy atom. The summed E-state index contributed by atoms with van der Waals surface area (Å²) in [5.74, 6) is 0. The minimum Gasteiger partial charge on any atom is -0.395 e. The Balaban J connectivity index is 2.01. The largest absolute Gasteiger partial charge is 0.395 e. The van der Waals surface area contributed by atoms with Gasteiger partial charge in [-0.2, -0.15) is 0 Å². The second kappa shape index (κ2) is 8.08. The Labute approximate surface area is 141 Å². The predicted molar refractivity (Wildman–Crippen MR) is 92.5 cm³/mol. The lowest BCUT2D eigenvalue weighted by atomic mass is 10.1. The number of rotatable bonds is 6. The lowest BCUT2D eigenvalue weighted by molar-refractivity contribution is 0.171. The molecule has 0 saturated heterocycles. The number of nitrogens with one attached hydrogen (secondary N) is 1. The van der Waals surface area contributed by atoms with Crippen LogP contribution in [0.25, 0.3) is 0 Å². The predicted octanol–water partition coefficient (Wildman–Crippen LogP) is 3.03. The zero-order chi connectivity index (χ0) is 16.8. The summed E-state index contributed by atoms with van der Waals surface area (Å²) in [7, 11) is 0. The van der Waals surface area contributed by atoms with E-state index in [2.05, 4.69) is 10.3 Å². The Bertz CT molecular complexity index is 640. The SMILES string of the molecule is Cc1ccc(CN(CCO)C(=O)N[C@H](C)c2nc(C)cs2)cc1. The number of aliphatic hydroxyl groups excluding tert-OH is 1. The van der Waals surface area contributed by atoms with E-state index in [9.17, 15) is 9.90 Å². The standard InChI is InChI=1S/C17H23N3O2S/c1-12-4-6-15(7-5-12)10-20(8-9-21)17(22)19-14(3)16-18-13(2)11-23-16/h4-7,11,14,21H,8-10H2,1-3H3,(H,19,22)/t14-/m1/s1. The number of aromatic nitrogens is 1. The van der Waals surface area contributed by atoms with Gasteiger partial charge in [-0.25, -0.2) is 9.78 Å². The summed E-state index contributed by atoms with van der Waals surface area (Å²) in [6, 6.07) is 7.69. The molecule has 2 amide bonds. The van der Waals surface area contributed by atoms with Crippen molar-refractivity contribution in [3.8, 4) is 0 Å². The molecule has 0 bridgehead atoms. The Hall–Kier alpha value is -1.92. The number of nitrogens with zero attached hydrogens (tertiary/aromatic N) is 2. The molecule has 0 unspecified atom stereocenters. The van der Waals surface area contributed by atoms with Crippen LogP contribution in [0, 0.1) is 13.8 Å². The van der Waals surface area contributed by atoms with Crippen LogP contribution in [0.3, 0.4) is 0 Å². The highest BCUT2D eigenvalue weighted by molar-refractivity contribution is 7.09. The molecule has 5 nitrogen and oxygen atoms in total. The number of urea groups is 1. The molecule has 0 saturated carbocycles. The number of carbonyl (C=O) groups excluding carboxylic acids is 1. The third-order valence-corrected chi connectivity index (χ3v) is 4.64. The van der Waals surface area contributed by atoms with E-state index in [0.29, 0.717) is 13.1 Å². The van der Waals surface area contributed by atoms with E-state index >= 15 is 0 Å². The lowest BCUT2D eigenvalue weighted by Gasteiger charge is -2.24. The van der Waals surface area contributed by atoms with Crippen molar-refractivity contribution in [1.82, 2.24) is 15.2 Å². The topological polar surface area (TPSA) is 65.5 Å². The summed E-state index contributed by atoms with van der Waals surface area (Å²) in [4.78, 5) is 18.5. The molecule has 2 aromatic rings. The molecule has 2 N–H and O–H groups in total. The quantitative estimate of drug-likeness (QED) is 0.854. The average molecular weight is 333 g/mol. The molecule has 124 valence electrons. The molecule has 1 heterocycles. The number of hydrogen-bond acceptors (Lipinski definition) is 4. The van der Waals surface area contributed by atoms with E-state index in [1.165, 1.54) is 16.9 Å². The van der Waals surface area contributed by atoms with Crippen molar-refractivity contribution in [2.45, 2.75) is 33.4 Å².